The van der Waals surface area contributed by atoms with Gasteiger partial charge in [-0.25, -0.2) is 4.84 Å². The monoisotopic (exact) mass is 185 g/mol. The van der Waals surface area contributed by atoms with Crippen LogP contribution in [0.4, 0.5) is 0 Å². The highest BCUT2D eigenvalue weighted by Gasteiger charge is 2.24. The Hall–Kier alpha value is -0.530. The van der Waals surface area contributed by atoms with Crippen LogP contribution in [0.1, 0.15) is 19.3 Å². The number of hydrogen-bond donors (Lipinski definition) is 1. The summed E-state index contributed by atoms with van der Waals surface area (Å²) in [6, 6.07) is 0. The first-order valence-electron chi connectivity index (χ1n) is 3.95. The summed E-state index contributed by atoms with van der Waals surface area (Å²) in [4.78, 5) is 2.78. The van der Waals surface area contributed by atoms with Crippen molar-refractivity contribution in [3.8, 4) is 0 Å². The molecule has 0 bridgehead atoms. The molecule has 0 rings (SSSR count). The molecular weight excluding hydrogens is 170 g/mol. The van der Waals surface area contributed by atoms with E-state index in [-0.39, 0.29) is 5.54 Å². The number of rotatable bonds is 7. The van der Waals surface area contributed by atoms with Crippen LogP contribution >= 0.6 is 11.8 Å². The zero-order valence-corrected chi connectivity index (χ0v) is 8.11. The van der Waals surface area contributed by atoms with Crippen LogP contribution in [0.15, 0.2) is 38.0 Å². The van der Waals surface area contributed by atoms with E-state index < -0.39 is 0 Å². The first kappa shape index (κ1) is 11.5. The Morgan fingerprint density at radius 1 is 1.00 bits per heavy atom. The van der Waals surface area contributed by atoms with E-state index in [1.807, 2.05) is 18.2 Å². The van der Waals surface area contributed by atoms with Gasteiger partial charge < -0.3 is 0 Å². The fourth-order valence-corrected chi connectivity index (χ4v) is 1.43. The van der Waals surface area contributed by atoms with Gasteiger partial charge in [-0.15, -0.1) is 19.7 Å². The topological polar surface area (TPSA) is 12.0 Å². The molecule has 0 aliphatic heterocycles. The third-order valence-electron chi connectivity index (χ3n) is 1.81. The predicted octanol–water partition coefficient (Wildman–Crippen LogP) is 3.20. The summed E-state index contributed by atoms with van der Waals surface area (Å²) in [6.07, 6.45) is 7.99. The largest absolute Gasteiger partial charge is 0.226 e. The first-order valence-corrected chi connectivity index (χ1v) is 4.33. The van der Waals surface area contributed by atoms with Crippen LogP contribution in [0.25, 0.3) is 0 Å². The first-order chi connectivity index (χ1) is 5.74. The number of hydrogen-bond acceptors (Lipinski definition) is 1. The van der Waals surface area contributed by atoms with E-state index in [0.717, 1.165) is 19.3 Å². The van der Waals surface area contributed by atoms with Gasteiger partial charge in [-0.3, -0.25) is 0 Å². The molecule has 0 spiro atoms. The van der Waals surface area contributed by atoms with Crippen molar-refractivity contribution in [3.63, 3.8) is 0 Å². The van der Waals surface area contributed by atoms with Crippen LogP contribution < -0.4 is 4.84 Å². The smallest absolute Gasteiger partial charge is 0.0434 e. The van der Waals surface area contributed by atoms with Gasteiger partial charge in [0, 0.05) is 5.54 Å². The van der Waals surface area contributed by atoms with E-state index >= 15 is 0 Å². The van der Waals surface area contributed by atoms with Crippen LogP contribution in [0.5, 0.6) is 0 Å². The van der Waals surface area contributed by atoms with E-state index in [4.69, 9.17) is 11.8 Å². The molecule has 0 aromatic carbocycles. The van der Waals surface area contributed by atoms with Crippen LogP contribution in [-0.2, 0) is 0 Å². The molecule has 0 aliphatic rings. The second-order valence-electron chi connectivity index (χ2n) is 2.85. The van der Waals surface area contributed by atoms with E-state index in [2.05, 4.69) is 24.6 Å². The summed E-state index contributed by atoms with van der Waals surface area (Å²) in [5.74, 6) is 0. The Bertz CT molecular complexity index is 137. The average molecular weight is 186 g/mol. The maximum absolute atomic E-state index is 5.67. The van der Waals surface area contributed by atoms with E-state index in [1.54, 1.807) is 0 Å². The molecule has 12 heavy (non-hydrogen) atoms. The third-order valence-corrected chi connectivity index (χ3v) is 2.21. The van der Waals surface area contributed by atoms with E-state index in [0.29, 0.717) is 0 Å². The molecule has 0 aliphatic carbocycles. The number of halogens is 1. The van der Waals surface area contributed by atoms with Gasteiger partial charge in [0.2, 0.25) is 0 Å². The second kappa shape index (κ2) is 6.04. The van der Waals surface area contributed by atoms with Gasteiger partial charge >= 0.3 is 0 Å². The van der Waals surface area contributed by atoms with Gasteiger partial charge in [-0.2, -0.15) is 0 Å². The van der Waals surface area contributed by atoms with Crippen molar-refractivity contribution >= 4 is 11.8 Å². The second-order valence-corrected chi connectivity index (χ2v) is 3.04. The minimum absolute atomic E-state index is 0.146. The summed E-state index contributed by atoms with van der Waals surface area (Å²) in [5, 5.41) is 0. The molecule has 0 aromatic rings. The summed E-state index contributed by atoms with van der Waals surface area (Å²) in [6.45, 7) is 11.1. The zero-order valence-electron chi connectivity index (χ0n) is 7.35. The van der Waals surface area contributed by atoms with Crippen molar-refractivity contribution in [3.05, 3.63) is 38.0 Å². The molecule has 0 aromatic heterocycles. The normalized spacial score (nSPS) is 10.8. The highest BCUT2D eigenvalue weighted by molar-refractivity contribution is 6.13. The minimum atomic E-state index is -0.146. The molecular formula is C10H16ClN. The van der Waals surface area contributed by atoms with Crippen LogP contribution in [0.2, 0.25) is 0 Å². The fraction of sp³-hybridized carbons (Fsp3) is 0.400. The van der Waals surface area contributed by atoms with Crippen LogP contribution in [-0.4, -0.2) is 5.54 Å². The predicted molar refractivity (Wildman–Crippen MR) is 56.2 cm³/mol. The highest BCUT2D eigenvalue weighted by atomic mass is 35.5. The summed E-state index contributed by atoms with van der Waals surface area (Å²) in [7, 11) is 0. The van der Waals surface area contributed by atoms with E-state index in [1.165, 1.54) is 0 Å². The van der Waals surface area contributed by atoms with Crippen molar-refractivity contribution in [1.29, 1.82) is 0 Å². The van der Waals surface area contributed by atoms with Crippen LogP contribution in [0.3, 0.4) is 0 Å². The molecule has 0 unspecified atom stereocenters. The van der Waals surface area contributed by atoms with Crippen molar-refractivity contribution in [2.45, 2.75) is 24.8 Å². The Balaban J connectivity index is 4.35. The van der Waals surface area contributed by atoms with Gasteiger partial charge in [-0.1, -0.05) is 18.2 Å². The maximum atomic E-state index is 5.67. The molecule has 1 nitrogen and oxygen atoms in total. The lowest BCUT2D eigenvalue weighted by Gasteiger charge is -2.28. The zero-order chi connectivity index (χ0) is 9.45. The quantitative estimate of drug-likeness (QED) is 0.475. The molecule has 0 saturated heterocycles. The van der Waals surface area contributed by atoms with Gasteiger partial charge in [0.15, 0.2) is 0 Å². The summed E-state index contributed by atoms with van der Waals surface area (Å²) in [5.41, 5.74) is -0.146. The molecule has 0 fully saturated rings. The van der Waals surface area contributed by atoms with Crippen molar-refractivity contribution in [2.75, 3.05) is 0 Å². The van der Waals surface area contributed by atoms with Crippen molar-refractivity contribution < 1.29 is 0 Å². The maximum Gasteiger partial charge on any atom is 0.0434 e. The van der Waals surface area contributed by atoms with Gasteiger partial charge in [0.25, 0.3) is 0 Å². The Labute approximate surface area is 79.9 Å². The third kappa shape index (κ3) is 3.24. The lowest BCUT2D eigenvalue weighted by Crippen LogP contribution is -2.38. The van der Waals surface area contributed by atoms with Crippen molar-refractivity contribution in [2.24, 2.45) is 0 Å². The lowest BCUT2D eigenvalue weighted by atomic mass is 9.89. The van der Waals surface area contributed by atoms with Crippen molar-refractivity contribution in [1.82, 2.24) is 4.84 Å². The summed E-state index contributed by atoms with van der Waals surface area (Å²) < 4.78 is 0. The fourth-order valence-electron chi connectivity index (χ4n) is 1.19. The highest BCUT2D eigenvalue weighted by Crippen LogP contribution is 2.22. The molecule has 0 radical (unpaired) electrons. The average Bonchev–Trinajstić information content (AvgIpc) is 2.06. The molecule has 2 heteroatoms. The Morgan fingerprint density at radius 3 is 1.50 bits per heavy atom. The molecule has 0 amide bonds. The van der Waals surface area contributed by atoms with Gasteiger partial charge in [0.1, 0.15) is 0 Å². The van der Waals surface area contributed by atoms with Crippen LogP contribution in [0, 0.1) is 0 Å². The molecule has 0 heterocycles. The van der Waals surface area contributed by atoms with Gasteiger partial charge in [0.05, 0.1) is 0 Å². The molecule has 1 N–H and O–H groups in total. The molecule has 0 atom stereocenters. The molecule has 0 saturated carbocycles. The standard InChI is InChI=1S/C10H16ClN/c1-4-7-10(12-11,8-5-2)9-6-3/h4-6,12H,1-3,7-9H2. The lowest BCUT2D eigenvalue weighted by molar-refractivity contribution is 0.402. The number of nitrogens with one attached hydrogen (secondary N) is 1. The SMILES string of the molecule is C=CCC(CC=C)(CC=C)NCl. The summed E-state index contributed by atoms with van der Waals surface area (Å²) >= 11 is 5.67. The van der Waals surface area contributed by atoms with Gasteiger partial charge in [-0.05, 0) is 31.0 Å². The Kier molecular flexibility index (Phi) is 5.77. The minimum Gasteiger partial charge on any atom is -0.226 e. The van der Waals surface area contributed by atoms with E-state index in [9.17, 15) is 0 Å². The molecule has 68 valence electrons. The Morgan fingerprint density at radius 2 is 1.33 bits per heavy atom.